The van der Waals surface area contributed by atoms with Gasteiger partial charge < -0.3 is 19.5 Å². The maximum absolute atomic E-state index is 13.6. The van der Waals surface area contributed by atoms with Crippen molar-refractivity contribution in [2.24, 2.45) is 0 Å². The van der Waals surface area contributed by atoms with Gasteiger partial charge >= 0.3 is 0 Å². The number of pyridine rings is 1. The number of nitrogens with zero attached hydrogens (tertiary/aromatic N) is 4. The number of halogens is 1. The van der Waals surface area contributed by atoms with E-state index < -0.39 is 0 Å². The summed E-state index contributed by atoms with van der Waals surface area (Å²) in [6, 6.07) is 9.11. The van der Waals surface area contributed by atoms with Crippen LogP contribution in [0, 0.1) is 5.82 Å². The van der Waals surface area contributed by atoms with E-state index in [0.717, 1.165) is 78.0 Å². The summed E-state index contributed by atoms with van der Waals surface area (Å²) in [5.74, 6) is 0.762. The molecule has 0 atom stereocenters. The van der Waals surface area contributed by atoms with Crippen molar-refractivity contribution in [3.05, 3.63) is 47.4 Å². The number of hydrogen-bond donors (Lipinski definition) is 1. The number of anilines is 2. The fraction of sp³-hybridized carbons (Fsp3) is 0.333. The lowest BCUT2D eigenvalue weighted by atomic mass is 10.0. The highest BCUT2D eigenvalue weighted by molar-refractivity contribution is 7.21. The van der Waals surface area contributed by atoms with Crippen LogP contribution in [0.1, 0.15) is 11.3 Å². The summed E-state index contributed by atoms with van der Waals surface area (Å²) >= 11 is 1.65. The fourth-order valence-electron chi connectivity index (χ4n) is 4.25. The number of ether oxygens (including phenoxy) is 1. The third-order valence-electron chi connectivity index (χ3n) is 5.77. The first-order valence-corrected chi connectivity index (χ1v) is 10.7. The number of rotatable bonds is 2. The molecule has 0 aliphatic carbocycles. The number of hydrogen-bond acceptors (Lipinski definition) is 6. The van der Waals surface area contributed by atoms with Gasteiger partial charge in [0.2, 0.25) is 0 Å². The lowest BCUT2D eigenvalue weighted by Crippen LogP contribution is -2.36. The van der Waals surface area contributed by atoms with E-state index in [0.29, 0.717) is 0 Å². The molecule has 5 heterocycles. The maximum Gasteiger partial charge on any atom is 0.188 e. The average molecular weight is 409 g/mol. The molecule has 0 unspecified atom stereocenters. The van der Waals surface area contributed by atoms with E-state index in [1.54, 1.807) is 17.4 Å². The van der Waals surface area contributed by atoms with E-state index in [1.165, 1.54) is 17.3 Å². The van der Waals surface area contributed by atoms with Crippen LogP contribution in [-0.2, 0) is 17.7 Å². The standard InChI is InChI=1S/C21H20FN5OS/c22-13-1-2-14-15-12-27(6-5-16(15)23-18(14)11-13)19-4-3-17-20(25-19)29-21(24-17)26-7-9-28-10-8-26/h1-4,11,23H,5-10,12H2. The van der Waals surface area contributed by atoms with Gasteiger partial charge in [0.25, 0.3) is 0 Å². The highest BCUT2D eigenvalue weighted by atomic mass is 32.1. The van der Waals surface area contributed by atoms with Crippen LogP contribution in [0.3, 0.4) is 0 Å². The van der Waals surface area contributed by atoms with Crippen molar-refractivity contribution in [1.29, 1.82) is 0 Å². The van der Waals surface area contributed by atoms with Gasteiger partial charge in [0.1, 0.15) is 22.0 Å². The number of nitrogens with one attached hydrogen (secondary N) is 1. The summed E-state index contributed by atoms with van der Waals surface area (Å²) in [6.45, 7) is 4.91. The zero-order valence-corrected chi connectivity index (χ0v) is 16.6. The predicted molar refractivity (Wildman–Crippen MR) is 113 cm³/mol. The van der Waals surface area contributed by atoms with E-state index in [4.69, 9.17) is 14.7 Å². The summed E-state index contributed by atoms with van der Waals surface area (Å²) in [5.41, 5.74) is 4.26. The molecule has 6 rings (SSSR count). The monoisotopic (exact) mass is 409 g/mol. The van der Waals surface area contributed by atoms with Gasteiger partial charge in [-0.25, -0.2) is 14.4 Å². The largest absolute Gasteiger partial charge is 0.378 e. The second-order valence-corrected chi connectivity index (χ2v) is 8.49. The average Bonchev–Trinajstić information content (AvgIpc) is 3.34. The molecule has 0 spiro atoms. The molecule has 0 bridgehead atoms. The van der Waals surface area contributed by atoms with E-state index in [-0.39, 0.29) is 5.82 Å². The van der Waals surface area contributed by atoms with Gasteiger partial charge in [0, 0.05) is 54.8 Å². The van der Waals surface area contributed by atoms with Crippen LogP contribution in [0.25, 0.3) is 21.3 Å². The predicted octanol–water partition coefficient (Wildman–Crippen LogP) is 3.71. The number of morpholine rings is 1. The SMILES string of the molecule is Fc1ccc2c3c([nH]c2c1)CCN(c1ccc2nc(N4CCOCC4)sc2n1)C3. The Bertz CT molecular complexity index is 1210. The number of benzene rings is 1. The van der Waals surface area contributed by atoms with E-state index in [2.05, 4.69) is 26.9 Å². The lowest BCUT2D eigenvalue weighted by Gasteiger charge is -2.28. The van der Waals surface area contributed by atoms with Crippen molar-refractivity contribution >= 4 is 43.5 Å². The van der Waals surface area contributed by atoms with E-state index in [1.807, 2.05) is 6.07 Å². The molecule has 0 radical (unpaired) electrons. The zero-order valence-electron chi connectivity index (χ0n) is 15.8. The summed E-state index contributed by atoms with van der Waals surface area (Å²) in [6.07, 6.45) is 0.896. The molecule has 1 saturated heterocycles. The second kappa shape index (κ2) is 6.67. The Morgan fingerprint density at radius 3 is 2.83 bits per heavy atom. The minimum absolute atomic E-state index is 0.207. The number of H-pyrrole nitrogens is 1. The van der Waals surface area contributed by atoms with Crippen molar-refractivity contribution < 1.29 is 9.13 Å². The van der Waals surface area contributed by atoms with E-state index >= 15 is 0 Å². The van der Waals surface area contributed by atoms with Gasteiger partial charge in [-0.1, -0.05) is 11.3 Å². The molecule has 0 amide bonds. The summed E-state index contributed by atoms with van der Waals surface area (Å²) in [4.78, 5) is 18.6. The minimum atomic E-state index is -0.207. The third-order valence-corrected chi connectivity index (χ3v) is 6.80. The van der Waals surface area contributed by atoms with E-state index in [9.17, 15) is 4.39 Å². The first-order chi connectivity index (χ1) is 14.2. The van der Waals surface area contributed by atoms with Gasteiger partial charge in [-0.3, -0.25) is 0 Å². The molecule has 148 valence electrons. The quantitative estimate of drug-likeness (QED) is 0.547. The molecule has 29 heavy (non-hydrogen) atoms. The molecule has 6 nitrogen and oxygen atoms in total. The second-order valence-electron chi connectivity index (χ2n) is 7.53. The number of thiazole rings is 1. The van der Waals surface area contributed by atoms with Crippen LogP contribution in [0.5, 0.6) is 0 Å². The van der Waals surface area contributed by atoms with Crippen LogP contribution in [0.4, 0.5) is 15.3 Å². The van der Waals surface area contributed by atoms with Crippen molar-refractivity contribution in [3.63, 3.8) is 0 Å². The topological polar surface area (TPSA) is 57.3 Å². The van der Waals surface area contributed by atoms with Crippen LogP contribution in [0.15, 0.2) is 30.3 Å². The lowest BCUT2D eigenvalue weighted by molar-refractivity contribution is 0.122. The Kier molecular flexibility index (Phi) is 3.95. The molecule has 2 aliphatic rings. The van der Waals surface area contributed by atoms with Gasteiger partial charge in [-0.15, -0.1) is 0 Å². The first kappa shape index (κ1) is 17.2. The molecular weight excluding hydrogens is 389 g/mol. The Labute approximate surface area is 170 Å². The Hall–Kier alpha value is -2.71. The van der Waals surface area contributed by atoms with Crippen molar-refractivity contribution in [2.45, 2.75) is 13.0 Å². The molecule has 0 saturated carbocycles. The van der Waals surface area contributed by atoms with Gasteiger partial charge in [-0.05, 0) is 30.3 Å². The summed E-state index contributed by atoms with van der Waals surface area (Å²) in [5, 5.41) is 2.12. The highest BCUT2D eigenvalue weighted by Crippen LogP contribution is 2.33. The van der Waals surface area contributed by atoms with Crippen molar-refractivity contribution in [3.8, 4) is 0 Å². The number of fused-ring (bicyclic) bond motifs is 4. The summed E-state index contributed by atoms with van der Waals surface area (Å²) < 4.78 is 19.0. The summed E-state index contributed by atoms with van der Waals surface area (Å²) in [7, 11) is 0. The van der Waals surface area contributed by atoms with Crippen LogP contribution in [0.2, 0.25) is 0 Å². The van der Waals surface area contributed by atoms with Crippen LogP contribution < -0.4 is 9.80 Å². The molecule has 3 aromatic heterocycles. The highest BCUT2D eigenvalue weighted by Gasteiger charge is 2.23. The van der Waals surface area contributed by atoms with Crippen LogP contribution >= 0.6 is 11.3 Å². The molecule has 1 fully saturated rings. The van der Waals surface area contributed by atoms with Crippen LogP contribution in [-0.4, -0.2) is 47.8 Å². The Morgan fingerprint density at radius 2 is 1.93 bits per heavy atom. The first-order valence-electron chi connectivity index (χ1n) is 9.89. The third kappa shape index (κ3) is 2.94. The number of aromatic nitrogens is 3. The molecule has 1 aromatic carbocycles. The molecule has 4 aromatic rings. The molecule has 1 N–H and O–H groups in total. The minimum Gasteiger partial charge on any atom is -0.378 e. The zero-order chi connectivity index (χ0) is 19.4. The molecule has 8 heteroatoms. The van der Waals surface area contributed by atoms with Gasteiger partial charge in [0.05, 0.1) is 13.2 Å². The molecular formula is C21H20FN5OS. The molecule has 2 aliphatic heterocycles. The normalized spacial score (nSPS) is 17.3. The van der Waals surface area contributed by atoms with Gasteiger partial charge in [0.15, 0.2) is 5.13 Å². The number of aromatic amines is 1. The van der Waals surface area contributed by atoms with Crippen molar-refractivity contribution in [2.75, 3.05) is 42.6 Å². The van der Waals surface area contributed by atoms with Gasteiger partial charge in [-0.2, -0.15) is 0 Å². The fourth-order valence-corrected chi connectivity index (χ4v) is 5.24. The van der Waals surface area contributed by atoms with Crippen molar-refractivity contribution in [1.82, 2.24) is 15.0 Å². The maximum atomic E-state index is 13.6. The Balaban J connectivity index is 1.32. The smallest absolute Gasteiger partial charge is 0.188 e. The Morgan fingerprint density at radius 1 is 1.03 bits per heavy atom.